The van der Waals surface area contributed by atoms with E-state index in [0.29, 0.717) is 5.69 Å². The summed E-state index contributed by atoms with van der Waals surface area (Å²) in [4.78, 5) is 19.7. The summed E-state index contributed by atoms with van der Waals surface area (Å²) in [5, 5.41) is 6.18. The van der Waals surface area contributed by atoms with Gasteiger partial charge in [0.15, 0.2) is 0 Å². The molecule has 3 rings (SSSR count). The SMILES string of the molecule is Cl.O=C(Nc1ccc2c(c1)CCNC2)c1ccncn1. The Labute approximate surface area is 123 Å². The third-order valence-corrected chi connectivity index (χ3v) is 3.17. The lowest BCUT2D eigenvalue weighted by atomic mass is 10.0. The first kappa shape index (κ1) is 14.4. The van der Waals surface area contributed by atoms with Crippen molar-refractivity contribution in [3.8, 4) is 0 Å². The summed E-state index contributed by atoms with van der Waals surface area (Å²) in [6.07, 6.45) is 3.92. The lowest BCUT2D eigenvalue weighted by Gasteiger charge is -2.18. The minimum Gasteiger partial charge on any atom is -0.321 e. The lowest BCUT2D eigenvalue weighted by Crippen LogP contribution is -2.23. The fourth-order valence-electron chi connectivity index (χ4n) is 2.18. The molecule has 6 heteroatoms. The van der Waals surface area contributed by atoms with E-state index in [0.717, 1.165) is 25.2 Å². The predicted molar refractivity (Wildman–Crippen MR) is 79.1 cm³/mol. The standard InChI is InChI=1S/C14H14N4O.ClH/c19-14(13-4-6-16-9-17-13)18-12-2-1-11-8-15-5-3-10(11)7-12;/h1-2,4,6-7,9,15H,3,5,8H2,(H,18,19);1H. The van der Waals surface area contributed by atoms with Gasteiger partial charge in [-0.15, -0.1) is 12.4 Å². The van der Waals surface area contributed by atoms with Gasteiger partial charge in [0.25, 0.3) is 5.91 Å². The number of hydrogen-bond donors (Lipinski definition) is 2. The zero-order valence-electron chi connectivity index (χ0n) is 10.8. The number of rotatable bonds is 2. The number of anilines is 1. The van der Waals surface area contributed by atoms with Crippen LogP contribution >= 0.6 is 12.4 Å². The molecule has 0 aliphatic carbocycles. The number of amides is 1. The van der Waals surface area contributed by atoms with Crippen LogP contribution in [0, 0.1) is 0 Å². The van der Waals surface area contributed by atoms with Gasteiger partial charge in [-0.05, 0) is 42.3 Å². The summed E-state index contributed by atoms with van der Waals surface area (Å²) < 4.78 is 0. The van der Waals surface area contributed by atoms with Gasteiger partial charge in [-0.3, -0.25) is 4.79 Å². The number of aromatic nitrogens is 2. The number of benzene rings is 1. The predicted octanol–water partition coefficient (Wildman–Crippen LogP) is 1.80. The minimum absolute atomic E-state index is 0. The van der Waals surface area contributed by atoms with Crippen LogP contribution in [-0.4, -0.2) is 22.4 Å². The van der Waals surface area contributed by atoms with Crippen molar-refractivity contribution in [3.63, 3.8) is 0 Å². The summed E-state index contributed by atoms with van der Waals surface area (Å²) in [5.74, 6) is -0.212. The van der Waals surface area contributed by atoms with Crippen LogP contribution in [0.4, 0.5) is 5.69 Å². The van der Waals surface area contributed by atoms with Crippen LogP contribution < -0.4 is 10.6 Å². The number of fused-ring (bicyclic) bond motifs is 1. The molecule has 2 heterocycles. The molecule has 0 unspecified atom stereocenters. The van der Waals surface area contributed by atoms with Gasteiger partial charge in [-0.2, -0.15) is 0 Å². The molecule has 1 aliphatic heterocycles. The van der Waals surface area contributed by atoms with Crippen molar-refractivity contribution in [2.24, 2.45) is 0 Å². The van der Waals surface area contributed by atoms with Crippen molar-refractivity contribution < 1.29 is 4.79 Å². The summed E-state index contributed by atoms with van der Waals surface area (Å²) >= 11 is 0. The molecule has 104 valence electrons. The fourth-order valence-corrected chi connectivity index (χ4v) is 2.18. The van der Waals surface area contributed by atoms with E-state index >= 15 is 0 Å². The van der Waals surface area contributed by atoms with Gasteiger partial charge in [-0.25, -0.2) is 9.97 Å². The van der Waals surface area contributed by atoms with E-state index in [-0.39, 0.29) is 18.3 Å². The molecular formula is C14H15ClN4O. The quantitative estimate of drug-likeness (QED) is 0.885. The maximum absolute atomic E-state index is 12.0. The molecule has 0 spiro atoms. The number of carbonyl (C=O) groups excluding carboxylic acids is 1. The van der Waals surface area contributed by atoms with Crippen molar-refractivity contribution in [2.45, 2.75) is 13.0 Å². The second kappa shape index (κ2) is 6.45. The number of nitrogens with zero attached hydrogens (tertiary/aromatic N) is 2. The fraction of sp³-hybridized carbons (Fsp3) is 0.214. The molecule has 2 N–H and O–H groups in total. The maximum Gasteiger partial charge on any atom is 0.274 e. The monoisotopic (exact) mass is 290 g/mol. The van der Waals surface area contributed by atoms with Crippen LogP contribution in [0.25, 0.3) is 0 Å². The summed E-state index contributed by atoms with van der Waals surface area (Å²) in [5.41, 5.74) is 3.77. The zero-order valence-corrected chi connectivity index (χ0v) is 11.6. The average Bonchev–Trinajstić information content (AvgIpc) is 2.48. The van der Waals surface area contributed by atoms with E-state index in [1.165, 1.54) is 17.5 Å². The zero-order chi connectivity index (χ0) is 13.1. The third-order valence-electron chi connectivity index (χ3n) is 3.17. The van der Waals surface area contributed by atoms with E-state index in [1.807, 2.05) is 12.1 Å². The normalized spacial score (nSPS) is 13.0. The lowest BCUT2D eigenvalue weighted by molar-refractivity contribution is 0.102. The van der Waals surface area contributed by atoms with Gasteiger partial charge >= 0.3 is 0 Å². The van der Waals surface area contributed by atoms with E-state index in [4.69, 9.17) is 0 Å². The van der Waals surface area contributed by atoms with Crippen LogP contribution in [-0.2, 0) is 13.0 Å². The second-order valence-electron chi connectivity index (χ2n) is 4.46. The summed E-state index contributed by atoms with van der Waals surface area (Å²) in [6, 6.07) is 7.61. The largest absolute Gasteiger partial charge is 0.321 e. The number of hydrogen-bond acceptors (Lipinski definition) is 4. The first-order chi connectivity index (χ1) is 9.33. The Morgan fingerprint density at radius 2 is 2.15 bits per heavy atom. The van der Waals surface area contributed by atoms with Gasteiger partial charge in [0, 0.05) is 18.4 Å². The molecule has 0 radical (unpaired) electrons. The highest BCUT2D eigenvalue weighted by Crippen LogP contribution is 2.19. The molecule has 0 fully saturated rings. The first-order valence-electron chi connectivity index (χ1n) is 6.23. The Bertz CT molecular complexity index is 603. The molecule has 1 aromatic heterocycles. The van der Waals surface area contributed by atoms with Crippen LogP contribution in [0.3, 0.4) is 0 Å². The van der Waals surface area contributed by atoms with Gasteiger partial charge < -0.3 is 10.6 Å². The maximum atomic E-state index is 12.0. The molecule has 1 amide bonds. The van der Waals surface area contributed by atoms with Crippen LogP contribution in [0.5, 0.6) is 0 Å². The highest BCUT2D eigenvalue weighted by molar-refractivity contribution is 6.02. The van der Waals surface area contributed by atoms with Crippen LogP contribution in [0.2, 0.25) is 0 Å². The summed E-state index contributed by atoms with van der Waals surface area (Å²) in [6.45, 7) is 1.88. The molecule has 5 nitrogen and oxygen atoms in total. The first-order valence-corrected chi connectivity index (χ1v) is 6.23. The molecule has 0 atom stereocenters. The van der Waals surface area contributed by atoms with Crippen molar-refractivity contribution in [1.82, 2.24) is 15.3 Å². The second-order valence-corrected chi connectivity index (χ2v) is 4.46. The van der Waals surface area contributed by atoms with E-state index in [9.17, 15) is 4.79 Å². The topological polar surface area (TPSA) is 66.9 Å². The molecule has 0 saturated heterocycles. The number of halogens is 1. The Morgan fingerprint density at radius 1 is 1.25 bits per heavy atom. The van der Waals surface area contributed by atoms with E-state index in [2.05, 4.69) is 26.7 Å². The Hall–Kier alpha value is -1.98. The van der Waals surface area contributed by atoms with Crippen LogP contribution in [0.1, 0.15) is 21.6 Å². The molecular weight excluding hydrogens is 276 g/mol. The van der Waals surface area contributed by atoms with Crippen LogP contribution in [0.15, 0.2) is 36.8 Å². The van der Waals surface area contributed by atoms with Gasteiger partial charge in [0.2, 0.25) is 0 Å². The molecule has 2 aromatic rings. The molecule has 0 bridgehead atoms. The number of nitrogens with one attached hydrogen (secondary N) is 2. The van der Waals surface area contributed by atoms with E-state index < -0.39 is 0 Å². The van der Waals surface area contributed by atoms with Crippen molar-refractivity contribution in [1.29, 1.82) is 0 Å². The molecule has 0 saturated carbocycles. The third kappa shape index (κ3) is 3.12. The van der Waals surface area contributed by atoms with Gasteiger partial charge in [0.05, 0.1) is 0 Å². The Balaban J connectivity index is 0.00000147. The minimum atomic E-state index is -0.212. The van der Waals surface area contributed by atoms with Gasteiger partial charge in [-0.1, -0.05) is 6.07 Å². The highest BCUT2D eigenvalue weighted by atomic mass is 35.5. The van der Waals surface area contributed by atoms with Crippen molar-refractivity contribution >= 4 is 24.0 Å². The molecule has 1 aromatic carbocycles. The number of carbonyl (C=O) groups is 1. The van der Waals surface area contributed by atoms with Gasteiger partial charge in [0.1, 0.15) is 12.0 Å². The molecule has 20 heavy (non-hydrogen) atoms. The van der Waals surface area contributed by atoms with Crippen molar-refractivity contribution in [2.75, 3.05) is 11.9 Å². The highest BCUT2D eigenvalue weighted by Gasteiger charge is 2.11. The Kier molecular flexibility index (Phi) is 4.65. The summed E-state index contributed by atoms with van der Waals surface area (Å²) in [7, 11) is 0. The molecule has 1 aliphatic rings. The van der Waals surface area contributed by atoms with E-state index in [1.54, 1.807) is 12.3 Å². The smallest absolute Gasteiger partial charge is 0.274 e. The Morgan fingerprint density at radius 3 is 2.95 bits per heavy atom. The average molecular weight is 291 g/mol. The van der Waals surface area contributed by atoms with Crippen molar-refractivity contribution in [3.05, 3.63) is 53.6 Å².